The summed E-state index contributed by atoms with van der Waals surface area (Å²) in [6, 6.07) is 15.2. The molecule has 0 atom stereocenters. The Morgan fingerprint density at radius 2 is 1.90 bits per heavy atom. The molecule has 0 heterocycles. The van der Waals surface area contributed by atoms with Crippen LogP contribution in [-0.2, 0) is 4.74 Å². The van der Waals surface area contributed by atoms with E-state index in [0.717, 1.165) is 0 Å². The van der Waals surface area contributed by atoms with Gasteiger partial charge in [-0.05, 0) is 42.5 Å². The number of ether oxygens (including phenoxy) is 2. The summed E-state index contributed by atoms with van der Waals surface area (Å²) in [6.07, 6.45) is 0. The molecule has 21 heavy (non-hydrogen) atoms. The van der Waals surface area contributed by atoms with E-state index in [2.05, 4.69) is 0 Å². The molecule has 0 unspecified atom stereocenters. The van der Waals surface area contributed by atoms with Gasteiger partial charge in [-0.1, -0.05) is 17.7 Å². The van der Waals surface area contributed by atoms with Gasteiger partial charge in [0.15, 0.2) is 0 Å². The minimum atomic E-state index is -0.480. The molecule has 0 bridgehead atoms. The van der Waals surface area contributed by atoms with Gasteiger partial charge < -0.3 is 9.47 Å². The van der Waals surface area contributed by atoms with Crippen LogP contribution >= 0.6 is 11.6 Å². The summed E-state index contributed by atoms with van der Waals surface area (Å²) < 4.78 is 10.5. The van der Waals surface area contributed by atoms with Crippen LogP contribution in [-0.4, -0.2) is 19.2 Å². The van der Waals surface area contributed by atoms with Gasteiger partial charge in [0.1, 0.15) is 19.0 Å². The van der Waals surface area contributed by atoms with Gasteiger partial charge in [-0.15, -0.1) is 0 Å². The van der Waals surface area contributed by atoms with E-state index < -0.39 is 5.97 Å². The van der Waals surface area contributed by atoms with E-state index >= 15 is 0 Å². The van der Waals surface area contributed by atoms with E-state index in [1.54, 1.807) is 42.5 Å². The van der Waals surface area contributed by atoms with Gasteiger partial charge in [-0.2, -0.15) is 5.26 Å². The van der Waals surface area contributed by atoms with Crippen molar-refractivity contribution in [3.05, 3.63) is 64.7 Å². The highest BCUT2D eigenvalue weighted by molar-refractivity contribution is 6.30. The lowest BCUT2D eigenvalue weighted by Crippen LogP contribution is -2.12. The molecule has 2 rings (SSSR count). The van der Waals surface area contributed by atoms with Gasteiger partial charge in [0.25, 0.3) is 0 Å². The van der Waals surface area contributed by atoms with Crippen molar-refractivity contribution < 1.29 is 14.3 Å². The van der Waals surface area contributed by atoms with Crippen LogP contribution < -0.4 is 4.74 Å². The predicted octanol–water partition coefficient (Wildman–Crippen LogP) is 3.45. The summed E-state index contributed by atoms with van der Waals surface area (Å²) in [5.41, 5.74) is 0.766. The molecule has 2 aromatic rings. The van der Waals surface area contributed by atoms with Crippen molar-refractivity contribution in [3.63, 3.8) is 0 Å². The van der Waals surface area contributed by atoms with Crippen molar-refractivity contribution in [3.8, 4) is 11.8 Å². The summed E-state index contributed by atoms with van der Waals surface area (Å²) in [7, 11) is 0. The fraction of sp³-hybridized carbons (Fsp3) is 0.125. The number of nitriles is 1. The zero-order chi connectivity index (χ0) is 15.1. The van der Waals surface area contributed by atoms with Crippen LogP contribution in [0.1, 0.15) is 15.9 Å². The molecule has 0 amide bonds. The molecule has 0 aliphatic rings. The van der Waals surface area contributed by atoms with Gasteiger partial charge >= 0.3 is 5.97 Å². The van der Waals surface area contributed by atoms with E-state index in [1.807, 2.05) is 6.07 Å². The number of nitrogens with zero attached hydrogens (tertiary/aromatic N) is 1. The average Bonchev–Trinajstić information content (AvgIpc) is 2.53. The Morgan fingerprint density at radius 1 is 1.14 bits per heavy atom. The normalized spacial score (nSPS) is 9.71. The predicted molar refractivity (Wildman–Crippen MR) is 78.4 cm³/mol. The third-order valence-electron chi connectivity index (χ3n) is 2.63. The summed E-state index contributed by atoms with van der Waals surface area (Å²) in [6.45, 7) is 0.365. The minimum absolute atomic E-state index is 0.123. The Bertz CT molecular complexity index is 662. The summed E-state index contributed by atoms with van der Waals surface area (Å²) >= 11 is 5.76. The monoisotopic (exact) mass is 301 g/mol. The second kappa shape index (κ2) is 7.32. The number of hydrogen-bond donors (Lipinski definition) is 0. The van der Waals surface area contributed by atoms with Gasteiger partial charge in [-0.3, -0.25) is 0 Å². The van der Waals surface area contributed by atoms with E-state index in [1.165, 1.54) is 6.07 Å². The van der Waals surface area contributed by atoms with Crippen molar-refractivity contribution in [2.45, 2.75) is 0 Å². The Kier molecular flexibility index (Phi) is 5.19. The minimum Gasteiger partial charge on any atom is -0.490 e. The lowest BCUT2D eigenvalue weighted by Gasteiger charge is -2.07. The number of carbonyl (C=O) groups is 1. The standard InChI is InChI=1S/C16H12ClNO3/c17-14-4-6-15(7-5-14)20-8-9-21-16(19)13-3-1-2-12(10-13)11-18/h1-7,10H,8-9H2. The fourth-order valence-electron chi connectivity index (χ4n) is 1.62. The molecule has 0 saturated heterocycles. The van der Waals surface area contributed by atoms with Crippen molar-refractivity contribution in [2.75, 3.05) is 13.2 Å². The van der Waals surface area contributed by atoms with Gasteiger partial charge in [-0.25, -0.2) is 4.79 Å². The van der Waals surface area contributed by atoms with Crippen LogP contribution in [0.5, 0.6) is 5.75 Å². The van der Waals surface area contributed by atoms with Gasteiger partial charge in [0.05, 0.1) is 17.2 Å². The second-order valence-electron chi connectivity index (χ2n) is 4.13. The molecule has 0 spiro atoms. The first-order chi connectivity index (χ1) is 10.2. The summed E-state index contributed by atoms with van der Waals surface area (Å²) in [4.78, 5) is 11.8. The number of esters is 1. The smallest absolute Gasteiger partial charge is 0.338 e. The number of halogens is 1. The molecule has 0 saturated carbocycles. The highest BCUT2D eigenvalue weighted by Crippen LogP contribution is 2.15. The third kappa shape index (κ3) is 4.51. The molecule has 2 aromatic carbocycles. The van der Waals surface area contributed by atoms with Crippen LogP contribution in [0, 0.1) is 11.3 Å². The van der Waals surface area contributed by atoms with Crippen LogP contribution in [0.15, 0.2) is 48.5 Å². The third-order valence-corrected chi connectivity index (χ3v) is 2.88. The van der Waals surface area contributed by atoms with Crippen molar-refractivity contribution >= 4 is 17.6 Å². The molecule has 0 aliphatic carbocycles. The average molecular weight is 302 g/mol. The lowest BCUT2D eigenvalue weighted by molar-refractivity contribution is 0.0450. The summed E-state index contributed by atoms with van der Waals surface area (Å²) in [5, 5.41) is 9.40. The Labute approximate surface area is 127 Å². The van der Waals surface area contributed by atoms with Gasteiger partial charge in [0.2, 0.25) is 0 Å². The molecular formula is C16H12ClNO3. The SMILES string of the molecule is N#Cc1cccc(C(=O)OCCOc2ccc(Cl)cc2)c1. The molecule has 5 heteroatoms. The lowest BCUT2D eigenvalue weighted by atomic mass is 10.1. The quantitative estimate of drug-likeness (QED) is 0.627. The van der Waals surface area contributed by atoms with E-state index in [4.69, 9.17) is 26.3 Å². The van der Waals surface area contributed by atoms with Crippen LogP contribution in [0.25, 0.3) is 0 Å². The zero-order valence-corrected chi connectivity index (χ0v) is 11.8. The molecular weight excluding hydrogens is 290 g/mol. The van der Waals surface area contributed by atoms with Crippen molar-refractivity contribution in [1.29, 1.82) is 5.26 Å². The van der Waals surface area contributed by atoms with Crippen molar-refractivity contribution in [2.24, 2.45) is 0 Å². The zero-order valence-electron chi connectivity index (χ0n) is 11.1. The Morgan fingerprint density at radius 3 is 2.62 bits per heavy atom. The maximum Gasteiger partial charge on any atom is 0.338 e. The maximum absolute atomic E-state index is 11.8. The molecule has 0 aliphatic heterocycles. The number of carbonyl (C=O) groups excluding carboxylic acids is 1. The first kappa shape index (κ1) is 14.9. The highest BCUT2D eigenvalue weighted by atomic mass is 35.5. The van der Waals surface area contributed by atoms with E-state index in [9.17, 15) is 4.79 Å². The van der Waals surface area contributed by atoms with Gasteiger partial charge in [0, 0.05) is 5.02 Å². The molecule has 0 N–H and O–H groups in total. The summed E-state index contributed by atoms with van der Waals surface area (Å²) in [5.74, 6) is 0.175. The number of hydrogen-bond acceptors (Lipinski definition) is 4. The Hall–Kier alpha value is -2.51. The molecule has 0 fully saturated rings. The van der Waals surface area contributed by atoms with Crippen LogP contribution in [0.3, 0.4) is 0 Å². The van der Waals surface area contributed by atoms with Crippen LogP contribution in [0.2, 0.25) is 5.02 Å². The maximum atomic E-state index is 11.8. The molecule has 0 aromatic heterocycles. The number of rotatable bonds is 5. The fourth-order valence-corrected chi connectivity index (χ4v) is 1.75. The second-order valence-corrected chi connectivity index (χ2v) is 4.57. The molecule has 4 nitrogen and oxygen atoms in total. The van der Waals surface area contributed by atoms with Crippen molar-refractivity contribution in [1.82, 2.24) is 0 Å². The number of benzene rings is 2. The largest absolute Gasteiger partial charge is 0.490 e. The van der Waals surface area contributed by atoms with E-state index in [0.29, 0.717) is 21.9 Å². The highest BCUT2D eigenvalue weighted by Gasteiger charge is 2.07. The van der Waals surface area contributed by atoms with Crippen LogP contribution in [0.4, 0.5) is 0 Å². The first-order valence-corrected chi connectivity index (χ1v) is 6.62. The topological polar surface area (TPSA) is 59.3 Å². The Balaban J connectivity index is 1.79. The molecule has 0 radical (unpaired) electrons. The molecule has 106 valence electrons. The van der Waals surface area contributed by atoms with E-state index in [-0.39, 0.29) is 13.2 Å². The first-order valence-electron chi connectivity index (χ1n) is 6.25.